The molecule has 4 heterocycles. The highest BCUT2D eigenvalue weighted by Crippen LogP contribution is 2.52. The maximum atomic E-state index is 13.8. The number of hydrogen-bond donors (Lipinski definition) is 2. The first-order valence-corrected chi connectivity index (χ1v) is 10.7. The van der Waals surface area contributed by atoms with Crippen LogP contribution in [-0.4, -0.2) is 36.1 Å². The molecule has 0 radical (unpaired) electrons. The summed E-state index contributed by atoms with van der Waals surface area (Å²) in [5.74, 6) is -2.06. The number of Topliss-reactive ketones (excluding diaryl/α,β-unsaturated/α-hetero) is 1. The third kappa shape index (κ3) is 2.11. The van der Waals surface area contributed by atoms with Crippen LogP contribution >= 0.6 is 0 Å². The van der Waals surface area contributed by atoms with Crippen molar-refractivity contribution in [1.82, 2.24) is 0 Å². The Morgan fingerprint density at radius 3 is 2.55 bits per heavy atom. The zero-order valence-corrected chi connectivity index (χ0v) is 17.1. The molecular weight excluding hydrogens is 394 g/mol. The molecule has 6 rings (SSSR count). The highest BCUT2D eigenvalue weighted by atomic mass is 16.2. The van der Waals surface area contributed by atoms with Crippen molar-refractivity contribution in [3.63, 3.8) is 0 Å². The first kappa shape index (κ1) is 18.4. The summed E-state index contributed by atoms with van der Waals surface area (Å²) in [5, 5.41) is 2.99. The van der Waals surface area contributed by atoms with Gasteiger partial charge in [-0.25, -0.2) is 4.90 Å². The van der Waals surface area contributed by atoms with Crippen LogP contribution in [0.15, 0.2) is 48.5 Å². The van der Waals surface area contributed by atoms with Crippen molar-refractivity contribution in [2.75, 3.05) is 16.8 Å². The van der Waals surface area contributed by atoms with E-state index in [1.54, 1.807) is 24.3 Å². The zero-order valence-electron chi connectivity index (χ0n) is 17.1. The fraction of sp³-hybridized carbons (Fsp3) is 0.333. The number of carbonyl (C=O) groups excluding carboxylic acids is 4. The van der Waals surface area contributed by atoms with E-state index < -0.39 is 17.4 Å². The number of nitrogens with zero attached hydrogens (tertiary/aromatic N) is 1. The van der Waals surface area contributed by atoms with E-state index in [1.807, 2.05) is 24.3 Å². The molecule has 1 spiro atoms. The zero-order chi connectivity index (χ0) is 21.5. The second kappa shape index (κ2) is 6.11. The molecule has 2 N–H and O–H groups in total. The number of rotatable bonds is 2. The molecule has 0 bridgehead atoms. The third-order valence-corrected chi connectivity index (χ3v) is 7.66. The van der Waals surface area contributed by atoms with Gasteiger partial charge in [0.15, 0.2) is 5.78 Å². The molecule has 7 nitrogen and oxygen atoms in total. The van der Waals surface area contributed by atoms with Gasteiger partial charge in [0.2, 0.25) is 17.4 Å². The van der Waals surface area contributed by atoms with E-state index in [9.17, 15) is 19.2 Å². The maximum absolute atomic E-state index is 13.8. The number of carbonyl (C=O) groups is 4. The number of para-hydroxylation sites is 1. The highest BCUT2D eigenvalue weighted by Gasteiger charge is 2.78. The Morgan fingerprint density at radius 1 is 1.06 bits per heavy atom. The van der Waals surface area contributed by atoms with Crippen LogP contribution in [0.25, 0.3) is 0 Å². The topological polar surface area (TPSA) is 88.0 Å². The van der Waals surface area contributed by atoms with Gasteiger partial charge in [0.25, 0.3) is 5.91 Å². The number of anilines is 2. The number of amides is 3. The molecule has 156 valence electrons. The van der Waals surface area contributed by atoms with E-state index in [0.29, 0.717) is 11.3 Å². The summed E-state index contributed by atoms with van der Waals surface area (Å²) in [5.41, 5.74) is 1.47. The number of hydrogen-bond acceptors (Lipinski definition) is 4. The minimum atomic E-state index is -1.07. The average molecular weight is 416 g/mol. The van der Waals surface area contributed by atoms with E-state index in [0.717, 1.165) is 35.5 Å². The number of benzene rings is 2. The van der Waals surface area contributed by atoms with Crippen LogP contribution in [0.4, 0.5) is 11.4 Å². The van der Waals surface area contributed by atoms with Crippen molar-refractivity contribution in [3.05, 3.63) is 59.7 Å². The smallest absolute Gasteiger partial charge is 0.291 e. The quantitative estimate of drug-likeness (QED) is 0.563. The molecule has 7 heteroatoms. The Balaban J connectivity index is 1.50. The first-order valence-electron chi connectivity index (χ1n) is 10.7. The van der Waals surface area contributed by atoms with Crippen molar-refractivity contribution in [1.29, 1.82) is 0 Å². The SMILES string of the molecule is CC(=O)c1ccc(N2C(=O)[C@H]3[C@@H](C2=O)[C@]2(C(=O)Nc4ccccc42)[NH+]2CCC[C@@H]32)cc1. The summed E-state index contributed by atoms with van der Waals surface area (Å²) >= 11 is 0. The maximum Gasteiger partial charge on any atom is 0.291 e. The van der Waals surface area contributed by atoms with Gasteiger partial charge in [-0.05, 0) is 37.3 Å². The molecule has 3 saturated heterocycles. The Kier molecular flexibility index (Phi) is 3.63. The monoisotopic (exact) mass is 416 g/mol. The number of fused-ring (bicyclic) bond motifs is 7. The van der Waals surface area contributed by atoms with Crippen LogP contribution in [0.2, 0.25) is 0 Å². The lowest BCUT2D eigenvalue weighted by Crippen LogP contribution is -3.19. The Hall–Kier alpha value is -3.32. The molecule has 2 aromatic rings. The normalized spacial score (nSPS) is 32.9. The van der Waals surface area contributed by atoms with E-state index >= 15 is 0 Å². The number of nitrogens with one attached hydrogen (secondary N) is 2. The molecule has 4 aliphatic rings. The van der Waals surface area contributed by atoms with E-state index in [1.165, 1.54) is 11.8 Å². The molecule has 4 aliphatic heterocycles. The summed E-state index contributed by atoms with van der Waals surface area (Å²) in [6.45, 7) is 2.25. The summed E-state index contributed by atoms with van der Waals surface area (Å²) in [6, 6.07) is 14.0. The minimum Gasteiger partial charge on any atom is -0.320 e. The molecule has 1 unspecified atom stereocenters. The van der Waals surface area contributed by atoms with Crippen molar-refractivity contribution >= 4 is 34.9 Å². The van der Waals surface area contributed by atoms with Gasteiger partial charge in [-0.3, -0.25) is 19.2 Å². The highest BCUT2D eigenvalue weighted by molar-refractivity contribution is 6.25. The first-order chi connectivity index (χ1) is 15.0. The van der Waals surface area contributed by atoms with Crippen molar-refractivity contribution in [2.45, 2.75) is 31.3 Å². The fourth-order valence-corrected chi connectivity index (χ4v) is 6.52. The second-order valence-electron chi connectivity index (χ2n) is 8.95. The minimum absolute atomic E-state index is 0.0557. The van der Waals surface area contributed by atoms with E-state index in [-0.39, 0.29) is 29.5 Å². The molecule has 3 fully saturated rings. The summed E-state index contributed by atoms with van der Waals surface area (Å²) in [4.78, 5) is 54.8. The molecule has 0 saturated carbocycles. The predicted molar refractivity (Wildman–Crippen MR) is 112 cm³/mol. The average Bonchev–Trinajstić information content (AvgIpc) is 3.46. The van der Waals surface area contributed by atoms with Crippen LogP contribution in [0.3, 0.4) is 0 Å². The number of quaternary nitrogens is 1. The summed E-state index contributed by atoms with van der Waals surface area (Å²) < 4.78 is 0. The van der Waals surface area contributed by atoms with Gasteiger partial charge >= 0.3 is 0 Å². The molecule has 2 aromatic carbocycles. The molecule has 31 heavy (non-hydrogen) atoms. The van der Waals surface area contributed by atoms with Gasteiger partial charge in [-0.2, -0.15) is 0 Å². The van der Waals surface area contributed by atoms with Gasteiger partial charge in [-0.15, -0.1) is 0 Å². The summed E-state index contributed by atoms with van der Waals surface area (Å²) in [6.07, 6.45) is 1.75. The van der Waals surface area contributed by atoms with Crippen LogP contribution in [0.5, 0.6) is 0 Å². The standard InChI is InChI=1S/C24H21N3O4/c1-13(28)14-8-10-15(11-9-14)27-21(29)19-18-7-4-12-26(18)24(20(19)22(27)30)16-5-2-3-6-17(16)25-23(24)31/h2-3,5-6,8-11,18-20H,4,7,12H2,1H3,(H,25,31)/p+1/t18-,19+,20-,24+/m0/s1. The van der Waals surface area contributed by atoms with Crippen LogP contribution in [0.1, 0.15) is 35.7 Å². The predicted octanol–water partition coefficient (Wildman–Crippen LogP) is 0.903. The van der Waals surface area contributed by atoms with Gasteiger partial charge in [0.05, 0.1) is 17.9 Å². The Morgan fingerprint density at radius 2 is 1.81 bits per heavy atom. The van der Waals surface area contributed by atoms with Crippen molar-refractivity contribution in [3.8, 4) is 0 Å². The Labute approximate surface area is 179 Å². The lowest BCUT2D eigenvalue weighted by atomic mass is 9.75. The molecule has 0 aliphatic carbocycles. The molecular formula is C24H22N3O4+. The number of imide groups is 1. The third-order valence-electron chi connectivity index (χ3n) is 7.66. The van der Waals surface area contributed by atoms with Crippen LogP contribution < -0.4 is 15.1 Å². The second-order valence-corrected chi connectivity index (χ2v) is 8.95. The van der Waals surface area contributed by atoms with Crippen molar-refractivity contribution < 1.29 is 24.1 Å². The van der Waals surface area contributed by atoms with Crippen LogP contribution in [-0.2, 0) is 19.9 Å². The molecule has 0 aromatic heterocycles. The lowest BCUT2D eigenvalue weighted by molar-refractivity contribution is -0.948. The lowest BCUT2D eigenvalue weighted by Gasteiger charge is -2.33. The van der Waals surface area contributed by atoms with Gasteiger partial charge < -0.3 is 10.2 Å². The van der Waals surface area contributed by atoms with Gasteiger partial charge in [-0.1, -0.05) is 18.2 Å². The van der Waals surface area contributed by atoms with E-state index in [4.69, 9.17) is 0 Å². The van der Waals surface area contributed by atoms with Crippen molar-refractivity contribution in [2.24, 2.45) is 11.8 Å². The molecule has 5 atom stereocenters. The number of ketones is 1. The van der Waals surface area contributed by atoms with Crippen LogP contribution in [0, 0.1) is 11.8 Å². The summed E-state index contributed by atoms with van der Waals surface area (Å²) in [7, 11) is 0. The van der Waals surface area contributed by atoms with E-state index in [2.05, 4.69) is 5.32 Å². The van der Waals surface area contributed by atoms with Gasteiger partial charge in [0.1, 0.15) is 17.9 Å². The Bertz CT molecular complexity index is 1170. The largest absolute Gasteiger partial charge is 0.320 e. The molecule has 3 amide bonds. The van der Waals surface area contributed by atoms with Gasteiger partial charge in [0, 0.05) is 24.0 Å². The fourth-order valence-electron chi connectivity index (χ4n) is 6.52.